The summed E-state index contributed by atoms with van der Waals surface area (Å²) in [5, 5.41) is 1.69. The molecule has 3 N–H and O–H groups in total. The molecule has 0 saturated carbocycles. The zero-order valence-electron chi connectivity index (χ0n) is 10.4. The van der Waals surface area contributed by atoms with Crippen molar-refractivity contribution in [2.24, 2.45) is 11.7 Å². The van der Waals surface area contributed by atoms with Crippen molar-refractivity contribution in [2.45, 2.75) is 19.5 Å². The molecule has 0 heterocycles. The second-order valence-electron chi connectivity index (χ2n) is 3.93. The Kier molecular flexibility index (Phi) is 6.67. The van der Waals surface area contributed by atoms with Crippen LogP contribution in [-0.2, 0) is 9.59 Å². The van der Waals surface area contributed by atoms with Crippen LogP contribution in [0.25, 0.3) is 0 Å². The standard InChI is InChI=1S/C10H18F3N3O2/c1-3-7(4-14)9(18)16(2)5-8(17)15-6-10(11,12)13/h7H,3-6,14H2,1-2H3,(H,15,17). The van der Waals surface area contributed by atoms with Crippen molar-refractivity contribution < 1.29 is 22.8 Å². The number of nitrogens with zero attached hydrogens (tertiary/aromatic N) is 1. The zero-order chi connectivity index (χ0) is 14.3. The lowest BCUT2D eigenvalue weighted by Crippen LogP contribution is -2.44. The first-order valence-electron chi connectivity index (χ1n) is 5.49. The molecule has 0 fully saturated rings. The third kappa shape index (κ3) is 6.43. The van der Waals surface area contributed by atoms with E-state index in [9.17, 15) is 22.8 Å². The SMILES string of the molecule is CCC(CN)C(=O)N(C)CC(=O)NCC(F)(F)F. The summed E-state index contributed by atoms with van der Waals surface area (Å²) in [6.45, 7) is 0.101. The first kappa shape index (κ1) is 16.7. The molecular weight excluding hydrogens is 251 g/mol. The van der Waals surface area contributed by atoms with Crippen LogP contribution in [0.2, 0.25) is 0 Å². The molecular formula is C10H18F3N3O2. The number of likely N-dealkylation sites (N-methyl/N-ethyl adjacent to an activating group) is 1. The molecule has 0 spiro atoms. The van der Waals surface area contributed by atoms with Crippen LogP contribution in [0.1, 0.15) is 13.3 Å². The fourth-order valence-electron chi connectivity index (χ4n) is 1.30. The maximum Gasteiger partial charge on any atom is 0.405 e. The van der Waals surface area contributed by atoms with Gasteiger partial charge in [0.05, 0.1) is 12.5 Å². The van der Waals surface area contributed by atoms with Crippen LogP contribution in [0.4, 0.5) is 13.2 Å². The molecule has 0 aliphatic carbocycles. The van der Waals surface area contributed by atoms with Crippen LogP contribution in [0.5, 0.6) is 0 Å². The van der Waals surface area contributed by atoms with Crippen molar-refractivity contribution in [1.29, 1.82) is 0 Å². The molecule has 1 atom stereocenters. The number of halogens is 3. The molecule has 5 nitrogen and oxygen atoms in total. The number of hydrogen-bond acceptors (Lipinski definition) is 3. The molecule has 0 aromatic heterocycles. The minimum absolute atomic E-state index is 0.143. The molecule has 106 valence electrons. The molecule has 2 amide bonds. The summed E-state index contributed by atoms with van der Waals surface area (Å²) < 4.78 is 35.5. The van der Waals surface area contributed by atoms with E-state index in [0.717, 1.165) is 4.90 Å². The van der Waals surface area contributed by atoms with Crippen LogP contribution in [0.15, 0.2) is 0 Å². The molecule has 0 aliphatic heterocycles. The van der Waals surface area contributed by atoms with E-state index in [-0.39, 0.29) is 12.5 Å². The second kappa shape index (κ2) is 7.20. The minimum Gasteiger partial charge on any atom is -0.345 e. The summed E-state index contributed by atoms with van der Waals surface area (Å²) >= 11 is 0. The normalized spacial score (nSPS) is 13.0. The van der Waals surface area contributed by atoms with Crippen LogP contribution in [-0.4, -0.2) is 49.6 Å². The van der Waals surface area contributed by atoms with E-state index in [4.69, 9.17) is 5.73 Å². The lowest BCUT2D eigenvalue weighted by molar-refractivity contribution is -0.142. The summed E-state index contributed by atoms with van der Waals surface area (Å²) in [5.74, 6) is -1.61. The van der Waals surface area contributed by atoms with Gasteiger partial charge in [0, 0.05) is 13.6 Å². The fourth-order valence-corrected chi connectivity index (χ4v) is 1.30. The molecule has 0 rings (SSSR count). The van der Waals surface area contributed by atoms with Crippen molar-refractivity contribution in [2.75, 3.05) is 26.7 Å². The van der Waals surface area contributed by atoms with Gasteiger partial charge in [0.25, 0.3) is 0 Å². The van der Waals surface area contributed by atoms with Gasteiger partial charge in [-0.3, -0.25) is 9.59 Å². The lowest BCUT2D eigenvalue weighted by Gasteiger charge is -2.21. The van der Waals surface area contributed by atoms with Gasteiger partial charge in [-0.15, -0.1) is 0 Å². The van der Waals surface area contributed by atoms with E-state index in [1.165, 1.54) is 7.05 Å². The van der Waals surface area contributed by atoms with E-state index in [0.29, 0.717) is 6.42 Å². The van der Waals surface area contributed by atoms with Gasteiger partial charge >= 0.3 is 6.18 Å². The largest absolute Gasteiger partial charge is 0.405 e. The van der Waals surface area contributed by atoms with E-state index < -0.39 is 31.1 Å². The number of nitrogens with two attached hydrogens (primary N) is 1. The van der Waals surface area contributed by atoms with Crippen molar-refractivity contribution in [1.82, 2.24) is 10.2 Å². The zero-order valence-corrected chi connectivity index (χ0v) is 10.4. The molecule has 0 aliphatic rings. The van der Waals surface area contributed by atoms with Crippen molar-refractivity contribution in [3.05, 3.63) is 0 Å². The van der Waals surface area contributed by atoms with Crippen LogP contribution >= 0.6 is 0 Å². The van der Waals surface area contributed by atoms with Crippen molar-refractivity contribution in [3.63, 3.8) is 0 Å². The Hall–Kier alpha value is -1.31. The maximum absolute atomic E-state index is 11.8. The third-order valence-electron chi connectivity index (χ3n) is 2.37. The molecule has 0 radical (unpaired) electrons. The Morgan fingerprint density at radius 1 is 1.39 bits per heavy atom. The summed E-state index contributed by atoms with van der Waals surface area (Å²) in [5.41, 5.74) is 5.37. The van der Waals surface area contributed by atoms with E-state index in [2.05, 4.69) is 0 Å². The Labute approximate surface area is 103 Å². The molecule has 8 heteroatoms. The van der Waals surface area contributed by atoms with Crippen molar-refractivity contribution >= 4 is 11.8 Å². The van der Waals surface area contributed by atoms with Gasteiger partial charge < -0.3 is 16.0 Å². The van der Waals surface area contributed by atoms with Gasteiger partial charge in [0.1, 0.15) is 6.54 Å². The van der Waals surface area contributed by atoms with E-state index >= 15 is 0 Å². The Balaban J connectivity index is 4.19. The van der Waals surface area contributed by atoms with Gasteiger partial charge in [-0.1, -0.05) is 6.92 Å². The monoisotopic (exact) mass is 269 g/mol. The smallest absolute Gasteiger partial charge is 0.345 e. The summed E-state index contributed by atoms with van der Waals surface area (Å²) in [7, 11) is 1.35. The van der Waals surface area contributed by atoms with Gasteiger partial charge in [0.2, 0.25) is 11.8 Å². The van der Waals surface area contributed by atoms with Gasteiger partial charge in [-0.05, 0) is 6.42 Å². The minimum atomic E-state index is -4.46. The highest BCUT2D eigenvalue weighted by molar-refractivity contribution is 5.85. The highest BCUT2D eigenvalue weighted by Gasteiger charge is 2.28. The molecule has 0 bridgehead atoms. The van der Waals surface area contributed by atoms with Gasteiger partial charge in [0.15, 0.2) is 0 Å². The number of amides is 2. The number of hydrogen-bond donors (Lipinski definition) is 2. The first-order chi connectivity index (χ1) is 8.21. The van der Waals surface area contributed by atoms with Crippen molar-refractivity contribution in [3.8, 4) is 0 Å². The fraction of sp³-hybridized carbons (Fsp3) is 0.800. The quantitative estimate of drug-likeness (QED) is 0.718. The predicted molar refractivity (Wildman–Crippen MR) is 59.5 cm³/mol. The maximum atomic E-state index is 11.8. The van der Waals surface area contributed by atoms with Crippen LogP contribution in [0, 0.1) is 5.92 Å². The second-order valence-corrected chi connectivity index (χ2v) is 3.93. The molecule has 0 saturated heterocycles. The summed E-state index contributed by atoms with van der Waals surface area (Å²) in [6.07, 6.45) is -3.94. The molecule has 0 aromatic rings. The average Bonchev–Trinajstić information content (AvgIpc) is 2.27. The number of alkyl halides is 3. The Morgan fingerprint density at radius 3 is 2.33 bits per heavy atom. The Bertz CT molecular complexity index is 291. The molecule has 18 heavy (non-hydrogen) atoms. The summed E-state index contributed by atoms with van der Waals surface area (Å²) in [4.78, 5) is 23.9. The van der Waals surface area contributed by atoms with Crippen LogP contribution in [0.3, 0.4) is 0 Å². The molecule has 0 aromatic carbocycles. The highest BCUT2D eigenvalue weighted by atomic mass is 19.4. The number of carbonyl (C=O) groups excluding carboxylic acids is 2. The van der Waals surface area contributed by atoms with E-state index in [1.807, 2.05) is 0 Å². The third-order valence-corrected chi connectivity index (χ3v) is 2.37. The summed E-state index contributed by atoms with van der Waals surface area (Å²) in [6, 6.07) is 0. The van der Waals surface area contributed by atoms with E-state index in [1.54, 1.807) is 12.2 Å². The molecule has 1 unspecified atom stereocenters. The number of nitrogens with one attached hydrogen (secondary N) is 1. The average molecular weight is 269 g/mol. The van der Waals surface area contributed by atoms with Gasteiger partial charge in [-0.25, -0.2) is 0 Å². The lowest BCUT2D eigenvalue weighted by atomic mass is 10.1. The van der Waals surface area contributed by atoms with Crippen LogP contribution < -0.4 is 11.1 Å². The van der Waals surface area contributed by atoms with Gasteiger partial charge in [-0.2, -0.15) is 13.2 Å². The Morgan fingerprint density at radius 2 is 1.94 bits per heavy atom. The number of carbonyl (C=O) groups is 2. The number of rotatable bonds is 6. The first-order valence-corrected chi connectivity index (χ1v) is 5.49. The topological polar surface area (TPSA) is 75.4 Å². The predicted octanol–water partition coefficient (Wildman–Crippen LogP) is 0.108. The highest BCUT2D eigenvalue weighted by Crippen LogP contribution is 2.12.